The van der Waals surface area contributed by atoms with Gasteiger partial charge in [0, 0.05) is 19.0 Å². The minimum Gasteiger partial charge on any atom is -0.318 e. The number of nitrogens with zero attached hydrogens (tertiary/aromatic N) is 2. The van der Waals surface area contributed by atoms with Crippen LogP contribution >= 0.6 is 12.0 Å². The van der Waals surface area contributed by atoms with Gasteiger partial charge in [-0.05, 0) is 41.4 Å². The third kappa shape index (κ3) is 6.52. The van der Waals surface area contributed by atoms with Gasteiger partial charge in [-0.2, -0.15) is 8.42 Å². The van der Waals surface area contributed by atoms with Gasteiger partial charge in [-0.25, -0.2) is 0 Å². The van der Waals surface area contributed by atoms with E-state index in [1.54, 1.807) is 20.4 Å². The second-order valence-corrected chi connectivity index (χ2v) is 6.55. The van der Waals surface area contributed by atoms with Crippen molar-refractivity contribution in [3.05, 3.63) is 53.9 Å². The quantitative estimate of drug-likeness (QED) is 0.337. The molecule has 0 aliphatic rings. The number of hydrogen-bond acceptors (Lipinski definition) is 6. The Morgan fingerprint density at radius 1 is 1.59 bits per heavy atom. The predicted molar refractivity (Wildman–Crippen MR) is 89.7 cm³/mol. The smallest absolute Gasteiger partial charge is 0.269 e. The molecule has 0 amide bonds. The summed E-state index contributed by atoms with van der Waals surface area (Å²) in [5.74, 6) is 0.140. The first-order chi connectivity index (χ1) is 10.4. The highest BCUT2D eigenvalue weighted by Gasteiger charge is 2.10. The normalized spacial score (nSPS) is 13.2. The number of hydrogen-bond donors (Lipinski definition) is 1. The molecule has 0 radical (unpaired) electrons. The van der Waals surface area contributed by atoms with Gasteiger partial charge in [0.2, 0.25) is 0 Å². The topological polar surface area (TPSA) is 88.9 Å². The summed E-state index contributed by atoms with van der Waals surface area (Å²) in [6.45, 7) is 3.55. The third-order valence-corrected chi connectivity index (χ3v) is 3.99. The van der Waals surface area contributed by atoms with Crippen LogP contribution in [-0.2, 0) is 20.1 Å². The second-order valence-electron chi connectivity index (χ2n) is 4.24. The summed E-state index contributed by atoms with van der Waals surface area (Å²) in [5.41, 5.74) is 2.44. The fraction of sp³-hybridized carbons (Fsp3) is 0.286. The molecule has 22 heavy (non-hydrogen) atoms. The van der Waals surface area contributed by atoms with E-state index in [1.807, 2.05) is 12.1 Å². The molecule has 0 aromatic carbocycles. The fourth-order valence-electron chi connectivity index (χ4n) is 1.63. The van der Waals surface area contributed by atoms with Gasteiger partial charge < -0.3 is 4.18 Å². The number of aromatic nitrogens is 1. The van der Waals surface area contributed by atoms with Gasteiger partial charge >= 0.3 is 0 Å². The lowest BCUT2D eigenvalue weighted by Crippen LogP contribution is -2.08. The highest BCUT2D eigenvalue weighted by molar-refractivity contribution is 7.93. The van der Waals surface area contributed by atoms with Gasteiger partial charge in [0.05, 0.1) is 18.5 Å². The molecule has 1 aromatic heterocycles. The molecule has 120 valence electrons. The van der Waals surface area contributed by atoms with Crippen molar-refractivity contribution in [2.24, 2.45) is 4.99 Å². The van der Waals surface area contributed by atoms with Crippen LogP contribution < -0.4 is 0 Å². The standard InChI is InChI=1S/C14H18N2O4S2/c1-4-11(10-22(17,18)19)7-13(15-2)14-8-12(5-6-16-14)9-21-20-3/h4-8H,1,9-10H2,2-3H3,(H,17,18,19)/b11-7+,15-13+. The van der Waals surface area contributed by atoms with Gasteiger partial charge in [0.1, 0.15) is 5.75 Å². The van der Waals surface area contributed by atoms with E-state index in [4.69, 9.17) is 8.74 Å². The lowest BCUT2D eigenvalue weighted by molar-refractivity contribution is 0.486. The van der Waals surface area contributed by atoms with Crippen molar-refractivity contribution < 1.29 is 17.2 Å². The molecule has 0 unspecified atom stereocenters. The molecule has 0 saturated heterocycles. The average Bonchev–Trinajstić information content (AvgIpc) is 2.48. The summed E-state index contributed by atoms with van der Waals surface area (Å²) in [4.78, 5) is 8.34. The van der Waals surface area contributed by atoms with Crippen LogP contribution in [0.2, 0.25) is 0 Å². The van der Waals surface area contributed by atoms with Crippen molar-refractivity contribution in [2.45, 2.75) is 5.75 Å². The molecule has 1 aromatic rings. The molecule has 8 heteroatoms. The minimum absolute atomic E-state index is 0.335. The molecule has 6 nitrogen and oxygen atoms in total. The van der Waals surface area contributed by atoms with Gasteiger partial charge in [-0.3, -0.25) is 14.5 Å². The van der Waals surface area contributed by atoms with Crippen LogP contribution in [0.4, 0.5) is 0 Å². The zero-order chi connectivity index (χ0) is 16.6. The zero-order valence-corrected chi connectivity index (χ0v) is 14.0. The first kappa shape index (κ1) is 18.6. The van der Waals surface area contributed by atoms with Crippen molar-refractivity contribution in [3.8, 4) is 0 Å². The monoisotopic (exact) mass is 342 g/mol. The van der Waals surface area contributed by atoms with E-state index < -0.39 is 15.9 Å². The second kappa shape index (κ2) is 8.84. The maximum Gasteiger partial charge on any atom is 0.269 e. The van der Waals surface area contributed by atoms with Crippen LogP contribution in [-0.4, -0.2) is 43.6 Å². The van der Waals surface area contributed by atoms with Gasteiger partial charge in [-0.15, -0.1) is 0 Å². The van der Waals surface area contributed by atoms with Crippen molar-refractivity contribution >= 4 is 27.9 Å². The summed E-state index contributed by atoms with van der Waals surface area (Å²) in [6.07, 6.45) is 4.55. The van der Waals surface area contributed by atoms with Crippen LogP contribution in [0.5, 0.6) is 0 Å². The maximum absolute atomic E-state index is 11.0. The number of rotatable bonds is 8. The Morgan fingerprint density at radius 3 is 2.86 bits per heavy atom. The van der Waals surface area contributed by atoms with E-state index >= 15 is 0 Å². The number of aliphatic imine (C=N–C) groups is 1. The Bertz CT molecular complexity index is 682. The Hall–Kier alpha value is -1.48. The van der Waals surface area contributed by atoms with Crippen LogP contribution in [0.3, 0.4) is 0 Å². The number of pyridine rings is 1. The van der Waals surface area contributed by atoms with Crippen molar-refractivity contribution in [1.82, 2.24) is 4.98 Å². The van der Waals surface area contributed by atoms with E-state index in [1.165, 1.54) is 24.2 Å². The van der Waals surface area contributed by atoms with Crippen LogP contribution in [0.25, 0.3) is 0 Å². The molecule has 0 atom stereocenters. The molecular formula is C14H18N2O4S2. The molecule has 0 spiro atoms. The van der Waals surface area contributed by atoms with Gasteiger partial charge in [-0.1, -0.05) is 12.7 Å². The lowest BCUT2D eigenvalue weighted by atomic mass is 10.1. The van der Waals surface area contributed by atoms with Crippen molar-refractivity contribution in [1.29, 1.82) is 0 Å². The molecule has 0 saturated carbocycles. The largest absolute Gasteiger partial charge is 0.318 e. The fourth-order valence-corrected chi connectivity index (χ4v) is 2.69. The van der Waals surface area contributed by atoms with Crippen LogP contribution in [0, 0.1) is 0 Å². The molecule has 1 rings (SSSR count). The Kier molecular flexibility index (Phi) is 7.46. The molecule has 1 heterocycles. The summed E-state index contributed by atoms with van der Waals surface area (Å²) < 4.78 is 35.8. The van der Waals surface area contributed by atoms with E-state index in [-0.39, 0.29) is 0 Å². The lowest BCUT2D eigenvalue weighted by Gasteiger charge is -2.05. The molecule has 0 fully saturated rings. The van der Waals surface area contributed by atoms with E-state index in [9.17, 15) is 8.42 Å². The Morgan fingerprint density at radius 2 is 2.32 bits per heavy atom. The van der Waals surface area contributed by atoms with Crippen molar-refractivity contribution in [3.63, 3.8) is 0 Å². The van der Waals surface area contributed by atoms with Gasteiger partial charge in [0.15, 0.2) is 0 Å². The summed E-state index contributed by atoms with van der Waals surface area (Å²) >= 11 is 1.30. The molecule has 0 bridgehead atoms. The van der Waals surface area contributed by atoms with E-state index in [0.29, 0.717) is 22.7 Å². The van der Waals surface area contributed by atoms with E-state index in [2.05, 4.69) is 16.6 Å². The molecular weight excluding hydrogens is 324 g/mol. The van der Waals surface area contributed by atoms with Crippen LogP contribution in [0.1, 0.15) is 11.3 Å². The highest BCUT2D eigenvalue weighted by Crippen LogP contribution is 2.14. The highest BCUT2D eigenvalue weighted by atomic mass is 32.2. The SMILES string of the molecule is C=C/C(=C\C(=N/C)c1cc(CSOC)ccn1)CS(=O)(=O)O. The average molecular weight is 342 g/mol. The molecule has 0 aliphatic heterocycles. The molecule has 0 aliphatic carbocycles. The summed E-state index contributed by atoms with van der Waals surface area (Å²) in [7, 11) is -0.948. The Labute approximate surface area is 135 Å². The predicted octanol–water partition coefficient (Wildman–Crippen LogP) is 2.30. The summed E-state index contributed by atoms with van der Waals surface area (Å²) in [5, 5.41) is 0. The first-order valence-corrected chi connectivity index (χ1v) is 8.77. The Balaban J connectivity index is 3.08. The van der Waals surface area contributed by atoms with Gasteiger partial charge in [0.25, 0.3) is 10.1 Å². The number of allylic oxidation sites excluding steroid dienone is 2. The zero-order valence-electron chi connectivity index (χ0n) is 12.4. The maximum atomic E-state index is 11.0. The minimum atomic E-state index is -4.13. The van der Waals surface area contributed by atoms with E-state index in [0.717, 1.165) is 5.56 Å². The molecule has 1 N–H and O–H groups in total. The summed E-state index contributed by atoms with van der Waals surface area (Å²) in [6, 6.07) is 3.71. The van der Waals surface area contributed by atoms with Crippen molar-refractivity contribution in [2.75, 3.05) is 19.9 Å². The third-order valence-electron chi connectivity index (χ3n) is 2.60. The first-order valence-electron chi connectivity index (χ1n) is 6.25. The van der Waals surface area contributed by atoms with Crippen LogP contribution in [0.15, 0.2) is 47.6 Å².